The Morgan fingerprint density at radius 3 is 1.14 bits per heavy atom. The summed E-state index contributed by atoms with van der Waals surface area (Å²) in [4.78, 5) is 28.5. The Bertz CT molecular complexity index is 2120. The second-order valence-corrected chi connectivity index (χ2v) is 26.2. The topological polar surface area (TPSA) is 115 Å². The van der Waals surface area contributed by atoms with Gasteiger partial charge >= 0.3 is 11.9 Å². The zero-order valence-corrected chi connectivity index (χ0v) is 41.6. The van der Waals surface area contributed by atoms with E-state index in [4.69, 9.17) is 37.9 Å². The van der Waals surface area contributed by atoms with Gasteiger partial charge < -0.3 is 42.8 Å². The molecule has 2 aromatic carbocycles. The van der Waals surface area contributed by atoms with E-state index in [-0.39, 0.29) is 26.4 Å². The van der Waals surface area contributed by atoms with Gasteiger partial charge in [-0.3, -0.25) is 0 Å². The standard InChI is InChI=1S/C50H65N2O10Si2/c1-51(2)48-38-46(14-12-40-32-42(16-30-63(6,7)8)36-44(34-40)49(53)61-28-26-59-24-22-57-20-18-55-4)52(3)47(39-48)15-13-41-33-43(17-31-64(9,10)11)37-45(35-41)50(54)62-29-27-60-25-23-58-21-19-56-5/h32-39H,18-29H2,1-11H3/q+1. The molecule has 3 aromatic rings. The third-order valence-corrected chi connectivity index (χ3v) is 10.3. The lowest BCUT2D eigenvalue weighted by atomic mass is 10.1. The largest absolute Gasteiger partial charge is 0.460 e. The Morgan fingerprint density at radius 2 is 0.812 bits per heavy atom. The molecule has 0 aliphatic heterocycles. The molecule has 0 radical (unpaired) electrons. The number of rotatable bonds is 21. The highest BCUT2D eigenvalue weighted by Crippen LogP contribution is 2.16. The van der Waals surface area contributed by atoms with Gasteiger partial charge in [0.15, 0.2) is 0 Å². The van der Waals surface area contributed by atoms with Crippen LogP contribution in [0.15, 0.2) is 48.5 Å². The van der Waals surface area contributed by atoms with Gasteiger partial charge in [-0.1, -0.05) is 63.0 Å². The Balaban J connectivity index is 1.92. The number of hydrogen-bond donors (Lipinski definition) is 0. The number of carbonyl (C=O) groups is 2. The predicted octanol–water partition coefficient (Wildman–Crippen LogP) is 5.51. The molecule has 0 amide bonds. The maximum Gasteiger partial charge on any atom is 0.338 e. The molecule has 1 heterocycles. The van der Waals surface area contributed by atoms with E-state index in [1.54, 1.807) is 38.5 Å². The molecular weight excluding hydrogens is 845 g/mol. The molecule has 0 spiro atoms. The number of pyridine rings is 1. The summed E-state index contributed by atoms with van der Waals surface area (Å²) in [5.41, 5.74) is 12.3. The lowest BCUT2D eigenvalue weighted by molar-refractivity contribution is -0.676. The van der Waals surface area contributed by atoms with Crippen LogP contribution in [0.25, 0.3) is 0 Å². The van der Waals surface area contributed by atoms with Crippen molar-refractivity contribution in [3.8, 4) is 46.6 Å². The number of methoxy groups -OCH3 is 2. The van der Waals surface area contributed by atoms with Crippen molar-refractivity contribution in [3.63, 3.8) is 0 Å². The second-order valence-electron chi connectivity index (χ2n) is 16.7. The van der Waals surface area contributed by atoms with Crippen molar-refractivity contribution in [1.82, 2.24) is 0 Å². The van der Waals surface area contributed by atoms with Gasteiger partial charge in [0.2, 0.25) is 0 Å². The minimum Gasteiger partial charge on any atom is -0.460 e. The van der Waals surface area contributed by atoms with Crippen LogP contribution in [0.2, 0.25) is 39.3 Å². The molecule has 0 atom stereocenters. The first kappa shape index (κ1) is 53.1. The summed E-state index contributed by atoms with van der Waals surface area (Å²) >= 11 is 0. The normalized spacial score (nSPS) is 10.9. The first-order valence-electron chi connectivity index (χ1n) is 21.2. The van der Waals surface area contributed by atoms with Gasteiger partial charge in [0.25, 0.3) is 11.4 Å². The van der Waals surface area contributed by atoms with Crippen molar-refractivity contribution in [2.45, 2.75) is 39.3 Å². The molecule has 0 aliphatic rings. The van der Waals surface area contributed by atoms with Crippen molar-refractivity contribution in [3.05, 3.63) is 93.3 Å². The van der Waals surface area contributed by atoms with E-state index in [2.05, 4.69) is 85.9 Å². The monoisotopic (exact) mass is 909 g/mol. The maximum absolute atomic E-state index is 13.2. The number of nitrogens with zero attached hydrogens (tertiary/aromatic N) is 2. The maximum atomic E-state index is 13.2. The van der Waals surface area contributed by atoms with Crippen LogP contribution < -0.4 is 9.47 Å². The summed E-state index contributed by atoms with van der Waals surface area (Å²) in [7, 11) is 5.58. The molecule has 64 heavy (non-hydrogen) atoms. The van der Waals surface area contributed by atoms with Crippen molar-refractivity contribution >= 4 is 33.8 Å². The zero-order chi connectivity index (χ0) is 47.0. The Hall–Kier alpha value is -5.24. The lowest BCUT2D eigenvalue weighted by Gasteiger charge is -2.12. The minimum atomic E-state index is -1.73. The van der Waals surface area contributed by atoms with Crippen molar-refractivity contribution < 1.29 is 52.1 Å². The van der Waals surface area contributed by atoms with Crippen LogP contribution in [0.5, 0.6) is 0 Å². The third kappa shape index (κ3) is 21.4. The highest BCUT2D eigenvalue weighted by molar-refractivity contribution is 6.84. The number of aromatic nitrogens is 1. The second kappa shape index (κ2) is 27.8. The van der Waals surface area contributed by atoms with Crippen molar-refractivity contribution in [2.75, 3.05) is 112 Å². The van der Waals surface area contributed by atoms with Gasteiger partial charge in [-0.05, 0) is 36.4 Å². The molecule has 3 rings (SSSR count). The molecule has 1 aromatic heterocycles. The predicted molar refractivity (Wildman–Crippen MR) is 255 cm³/mol. The van der Waals surface area contributed by atoms with Crippen LogP contribution in [-0.4, -0.2) is 136 Å². The fourth-order valence-electron chi connectivity index (χ4n) is 5.20. The molecule has 0 unspecified atom stereocenters. The first-order chi connectivity index (χ1) is 30.5. The molecule has 0 N–H and O–H groups in total. The van der Waals surface area contributed by atoms with Crippen molar-refractivity contribution in [2.24, 2.45) is 7.05 Å². The molecular formula is C50H65N2O10Si2+. The number of benzene rings is 2. The molecule has 0 aliphatic carbocycles. The van der Waals surface area contributed by atoms with Crippen LogP contribution in [0.4, 0.5) is 5.69 Å². The average Bonchev–Trinajstić information content (AvgIpc) is 3.24. The number of hydrogen-bond acceptors (Lipinski definition) is 11. The van der Waals surface area contributed by atoms with E-state index >= 15 is 0 Å². The summed E-state index contributed by atoms with van der Waals surface area (Å²) in [5, 5.41) is 0. The third-order valence-electron chi connectivity index (χ3n) is 8.51. The van der Waals surface area contributed by atoms with E-state index < -0.39 is 28.1 Å². The van der Waals surface area contributed by atoms with E-state index in [1.807, 2.05) is 54.9 Å². The summed E-state index contributed by atoms with van der Waals surface area (Å²) in [6.07, 6.45) is 0. The SMILES string of the molecule is COCCOCCOCCOC(=O)c1cc(C#Cc2cc(N(C)C)cc(C#Cc3cc(C#C[Si](C)(C)C)cc(C(=O)OCCOCCOCCOC)c3)[n+]2C)cc(C#C[Si](C)(C)C)c1. The average molecular weight is 910 g/mol. The van der Waals surface area contributed by atoms with Crippen LogP contribution in [-0.2, 0) is 44.9 Å². The number of anilines is 1. The summed E-state index contributed by atoms with van der Waals surface area (Å²) in [6, 6.07) is 14.6. The van der Waals surface area contributed by atoms with Gasteiger partial charge in [-0.25, -0.2) is 9.59 Å². The molecule has 0 saturated heterocycles. The van der Waals surface area contributed by atoms with Gasteiger partial charge in [-0.15, -0.1) is 11.1 Å². The van der Waals surface area contributed by atoms with Crippen LogP contribution >= 0.6 is 0 Å². The van der Waals surface area contributed by atoms with E-state index in [0.717, 1.165) is 5.69 Å². The van der Waals surface area contributed by atoms with Crippen molar-refractivity contribution in [1.29, 1.82) is 0 Å². The molecule has 12 nitrogen and oxygen atoms in total. The first-order valence-corrected chi connectivity index (χ1v) is 28.2. The van der Waals surface area contributed by atoms with Gasteiger partial charge in [0, 0.05) is 74.5 Å². The number of carbonyl (C=O) groups excluding carboxylic acids is 2. The molecule has 342 valence electrons. The molecule has 0 fully saturated rings. The Labute approximate surface area is 383 Å². The van der Waals surface area contributed by atoms with E-state index in [1.165, 1.54) is 0 Å². The molecule has 14 heteroatoms. The van der Waals surface area contributed by atoms with Gasteiger partial charge in [0.05, 0.1) is 82.9 Å². The number of esters is 2. The van der Waals surface area contributed by atoms with Crippen LogP contribution in [0.1, 0.15) is 54.4 Å². The fraction of sp³-hybridized carbons (Fsp3) is 0.460. The van der Waals surface area contributed by atoms with E-state index in [9.17, 15) is 9.59 Å². The zero-order valence-electron chi connectivity index (χ0n) is 39.6. The fourth-order valence-corrected chi connectivity index (χ4v) is 6.24. The molecule has 0 saturated carbocycles. The van der Waals surface area contributed by atoms with Gasteiger partial charge in [-0.2, -0.15) is 4.57 Å². The van der Waals surface area contributed by atoms with E-state index in [0.29, 0.717) is 97.6 Å². The highest BCUT2D eigenvalue weighted by Gasteiger charge is 2.16. The highest BCUT2D eigenvalue weighted by atomic mass is 28.3. The summed E-state index contributed by atoms with van der Waals surface area (Å²) < 4.78 is 44.8. The van der Waals surface area contributed by atoms with Crippen LogP contribution in [0, 0.1) is 46.6 Å². The minimum absolute atomic E-state index is 0.0871. The Kier molecular flexibility index (Phi) is 23.1. The Morgan fingerprint density at radius 1 is 0.484 bits per heavy atom. The van der Waals surface area contributed by atoms with Crippen LogP contribution in [0.3, 0.4) is 0 Å². The summed E-state index contributed by atoms with van der Waals surface area (Å²) in [6.45, 7) is 17.2. The summed E-state index contributed by atoms with van der Waals surface area (Å²) in [5.74, 6) is 18.7. The number of ether oxygens (including phenoxy) is 8. The quantitative estimate of drug-likeness (QED) is 0.0444. The lowest BCUT2D eigenvalue weighted by Crippen LogP contribution is -2.37. The smallest absolute Gasteiger partial charge is 0.338 e. The molecule has 0 bridgehead atoms. The van der Waals surface area contributed by atoms with Gasteiger partial charge in [0.1, 0.15) is 36.4 Å².